The Morgan fingerprint density at radius 1 is 1.24 bits per heavy atom. The molecule has 0 saturated carbocycles. The number of pyridine rings is 1. The van der Waals surface area contributed by atoms with Crippen molar-refractivity contribution in [2.45, 2.75) is 13.0 Å². The highest BCUT2D eigenvalue weighted by atomic mass is 16.6. The zero-order valence-electron chi connectivity index (χ0n) is 11.2. The summed E-state index contributed by atoms with van der Waals surface area (Å²) in [5.41, 5.74) is 0.708. The molecule has 0 bridgehead atoms. The van der Waals surface area contributed by atoms with Crippen LogP contribution in [0, 0.1) is 10.1 Å². The Labute approximate surface area is 120 Å². The number of hydrogen-bond acceptors (Lipinski definition) is 5. The molecule has 106 valence electrons. The predicted octanol–water partition coefficient (Wildman–Crippen LogP) is 3.88. The average Bonchev–Trinajstić information content (AvgIpc) is 2.97. The lowest BCUT2D eigenvalue weighted by molar-refractivity contribution is -0.386. The summed E-state index contributed by atoms with van der Waals surface area (Å²) in [6.45, 7) is 1.68. The van der Waals surface area contributed by atoms with Crippen LogP contribution in [0.3, 0.4) is 0 Å². The smallest absolute Gasteiger partial charge is 0.314 e. The quantitative estimate of drug-likeness (QED) is 0.536. The Bertz CT molecular complexity index is 797. The van der Waals surface area contributed by atoms with Crippen molar-refractivity contribution >= 4 is 16.6 Å². The summed E-state index contributed by atoms with van der Waals surface area (Å²) in [4.78, 5) is 14.8. The van der Waals surface area contributed by atoms with Gasteiger partial charge in [0.15, 0.2) is 6.10 Å². The molecular formula is C15H12N2O4. The predicted molar refractivity (Wildman–Crippen MR) is 76.1 cm³/mol. The summed E-state index contributed by atoms with van der Waals surface area (Å²) in [6.07, 6.45) is 0.676. The minimum absolute atomic E-state index is 0.0942. The molecule has 1 unspecified atom stereocenters. The number of ether oxygens (including phenoxy) is 1. The van der Waals surface area contributed by atoms with Crippen LogP contribution in [0.4, 0.5) is 5.69 Å². The van der Waals surface area contributed by atoms with Gasteiger partial charge in [0.25, 0.3) is 0 Å². The molecule has 3 aromatic rings. The number of para-hydroxylation sites is 1. The van der Waals surface area contributed by atoms with Crippen molar-refractivity contribution in [1.29, 1.82) is 0 Å². The molecule has 0 saturated heterocycles. The Morgan fingerprint density at radius 2 is 2.05 bits per heavy atom. The molecule has 3 rings (SSSR count). The van der Waals surface area contributed by atoms with Crippen molar-refractivity contribution < 1.29 is 14.1 Å². The van der Waals surface area contributed by atoms with Crippen LogP contribution in [-0.2, 0) is 0 Å². The van der Waals surface area contributed by atoms with Crippen molar-refractivity contribution in [3.05, 3.63) is 64.6 Å². The number of aromatic nitrogens is 1. The van der Waals surface area contributed by atoms with Crippen LogP contribution in [0.15, 0.2) is 53.1 Å². The first kappa shape index (κ1) is 13.1. The van der Waals surface area contributed by atoms with Crippen LogP contribution < -0.4 is 4.74 Å². The molecule has 6 nitrogen and oxygen atoms in total. The monoisotopic (exact) mass is 284 g/mol. The van der Waals surface area contributed by atoms with E-state index in [1.807, 2.05) is 30.3 Å². The summed E-state index contributed by atoms with van der Waals surface area (Å²) >= 11 is 0. The molecule has 0 spiro atoms. The molecule has 2 aromatic heterocycles. The molecule has 0 fully saturated rings. The highest BCUT2D eigenvalue weighted by Gasteiger charge is 2.24. The number of furan rings is 1. The van der Waals surface area contributed by atoms with E-state index in [0.29, 0.717) is 5.88 Å². The standard InChI is InChI=1S/C15H12N2O4/c1-10(15-13(17(18)19)8-9-20-15)21-14-7-6-11-4-2-3-5-12(11)16-14/h2-10H,1H3. The fourth-order valence-corrected chi connectivity index (χ4v) is 2.12. The van der Waals surface area contributed by atoms with E-state index in [9.17, 15) is 10.1 Å². The van der Waals surface area contributed by atoms with Crippen LogP contribution in [0.1, 0.15) is 18.8 Å². The van der Waals surface area contributed by atoms with Gasteiger partial charge >= 0.3 is 5.69 Å². The van der Waals surface area contributed by atoms with E-state index in [2.05, 4.69) is 4.98 Å². The molecule has 0 N–H and O–H groups in total. The Morgan fingerprint density at radius 3 is 2.86 bits per heavy atom. The van der Waals surface area contributed by atoms with Gasteiger partial charge in [0, 0.05) is 11.5 Å². The van der Waals surface area contributed by atoms with Crippen LogP contribution in [0.2, 0.25) is 0 Å². The molecule has 0 radical (unpaired) electrons. The lowest BCUT2D eigenvalue weighted by Gasteiger charge is -2.11. The number of nitrogens with zero attached hydrogens (tertiary/aromatic N) is 2. The Kier molecular flexibility index (Phi) is 3.27. The van der Waals surface area contributed by atoms with Crippen LogP contribution in [0.25, 0.3) is 10.9 Å². The largest absolute Gasteiger partial charge is 0.466 e. The fraction of sp³-hybridized carbons (Fsp3) is 0.133. The highest BCUT2D eigenvalue weighted by molar-refractivity contribution is 5.78. The second-order valence-electron chi connectivity index (χ2n) is 4.53. The second-order valence-corrected chi connectivity index (χ2v) is 4.53. The number of nitro groups is 1. The number of benzene rings is 1. The van der Waals surface area contributed by atoms with E-state index >= 15 is 0 Å². The maximum atomic E-state index is 10.9. The third-order valence-corrected chi connectivity index (χ3v) is 3.11. The minimum atomic E-state index is -0.603. The minimum Gasteiger partial charge on any atom is -0.466 e. The highest BCUT2D eigenvalue weighted by Crippen LogP contribution is 2.29. The first-order chi connectivity index (χ1) is 10.1. The normalized spacial score (nSPS) is 12.2. The van der Waals surface area contributed by atoms with E-state index < -0.39 is 11.0 Å². The maximum absolute atomic E-state index is 10.9. The number of hydrogen-bond donors (Lipinski definition) is 0. The third-order valence-electron chi connectivity index (χ3n) is 3.11. The lowest BCUT2D eigenvalue weighted by atomic mass is 10.2. The molecule has 0 aliphatic heterocycles. The van der Waals surface area contributed by atoms with Gasteiger partial charge in [0.2, 0.25) is 11.6 Å². The van der Waals surface area contributed by atoms with E-state index in [4.69, 9.17) is 9.15 Å². The summed E-state index contributed by atoms with van der Waals surface area (Å²) in [5.74, 6) is 0.571. The Balaban J connectivity index is 1.87. The molecule has 1 aromatic carbocycles. The maximum Gasteiger partial charge on any atom is 0.314 e. The van der Waals surface area contributed by atoms with Crippen LogP contribution in [0.5, 0.6) is 5.88 Å². The van der Waals surface area contributed by atoms with Gasteiger partial charge in [0.05, 0.1) is 22.8 Å². The van der Waals surface area contributed by atoms with Crippen molar-refractivity contribution in [1.82, 2.24) is 4.98 Å². The van der Waals surface area contributed by atoms with Gasteiger partial charge < -0.3 is 9.15 Å². The first-order valence-electron chi connectivity index (χ1n) is 6.39. The number of rotatable bonds is 4. The fourth-order valence-electron chi connectivity index (χ4n) is 2.12. The molecule has 1 atom stereocenters. The summed E-state index contributed by atoms with van der Waals surface area (Å²) in [6, 6.07) is 12.6. The molecule has 0 aliphatic carbocycles. The average molecular weight is 284 g/mol. The topological polar surface area (TPSA) is 78.4 Å². The number of fused-ring (bicyclic) bond motifs is 1. The van der Waals surface area contributed by atoms with E-state index in [0.717, 1.165) is 10.9 Å². The van der Waals surface area contributed by atoms with Gasteiger partial charge in [-0.25, -0.2) is 4.98 Å². The van der Waals surface area contributed by atoms with Gasteiger partial charge in [-0.3, -0.25) is 10.1 Å². The van der Waals surface area contributed by atoms with Crippen molar-refractivity contribution in [2.24, 2.45) is 0 Å². The van der Waals surface area contributed by atoms with Crippen molar-refractivity contribution in [2.75, 3.05) is 0 Å². The second kappa shape index (κ2) is 5.24. The first-order valence-corrected chi connectivity index (χ1v) is 6.39. The van der Waals surface area contributed by atoms with Gasteiger partial charge in [-0.15, -0.1) is 0 Å². The SMILES string of the molecule is CC(Oc1ccc2ccccc2n1)c1occc1[N+](=O)[O-]. The van der Waals surface area contributed by atoms with Crippen LogP contribution in [-0.4, -0.2) is 9.91 Å². The van der Waals surface area contributed by atoms with E-state index in [-0.39, 0.29) is 11.4 Å². The summed E-state index contributed by atoms with van der Waals surface area (Å²) in [7, 11) is 0. The zero-order valence-corrected chi connectivity index (χ0v) is 11.2. The molecule has 6 heteroatoms. The molecule has 0 amide bonds. The molecule has 2 heterocycles. The van der Waals surface area contributed by atoms with Crippen molar-refractivity contribution in [3.8, 4) is 5.88 Å². The lowest BCUT2D eigenvalue weighted by Crippen LogP contribution is -2.05. The van der Waals surface area contributed by atoms with Crippen LogP contribution >= 0.6 is 0 Å². The third kappa shape index (κ3) is 2.55. The van der Waals surface area contributed by atoms with Gasteiger partial charge in [0.1, 0.15) is 0 Å². The van der Waals surface area contributed by atoms with E-state index in [1.54, 1.807) is 13.0 Å². The summed E-state index contributed by atoms with van der Waals surface area (Å²) in [5, 5.41) is 11.9. The molecule has 21 heavy (non-hydrogen) atoms. The molecule has 0 aliphatic rings. The summed E-state index contributed by atoms with van der Waals surface area (Å²) < 4.78 is 10.8. The van der Waals surface area contributed by atoms with Gasteiger partial charge in [-0.1, -0.05) is 18.2 Å². The van der Waals surface area contributed by atoms with Crippen molar-refractivity contribution in [3.63, 3.8) is 0 Å². The molecular weight excluding hydrogens is 272 g/mol. The van der Waals surface area contributed by atoms with Gasteiger partial charge in [-0.2, -0.15) is 0 Å². The Hall–Kier alpha value is -2.89. The zero-order chi connectivity index (χ0) is 14.8. The van der Waals surface area contributed by atoms with Gasteiger partial charge in [-0.05, 0) is 19.1 Å². The van der Waals surface area contributed by atoms with E-state index in [1.165, 1.54) is 12.3 Å².